The van der Waals surface area contributed by atoms with Crippen molar-refractivity contribution in [1.82, 2.24) is 14.4 Å². The van der Waals surface area contributed by atoms with Crippen LogP contribution in [-0.2, 0) is 0 Å². The van der Waals surface area contributed by atoms with Crippen molar-refractivity contribution in [3.05, 3.63) is 48.8 Å². The number of furan rings is 1. The molecule has 4 heterocycles. The Labute approximate surface area is 143 Å². The molecule has 6 heteroatoms. The maximum Gasteiger partial charge on any atom is 0.236 e. The number of aromatic nitrogens is 3. The predicted octanol–water partition coefficient (Wildman–Crippen LogP) is 4.08. The summed E-state index contributed by atoms with van der Waals surface area (Å²) < 4.78 is 21.1. The summed E-state index contributed by atoms with van der Waals surface area (Å²) >= 11 is 0. The number of nitrogens with zero attached hydrogens (tertiary/aromatic N) is 4. The summed E-state index contributed by atoms with van der Waals surface area (Å²) in [5, 5.41) is 1.05. The normalized spacial score (nSPS) is 16.1. The summed E-state index contributed by atoms with van der Waals surface area (Å²) in [6.45, 7) is 1.39. The van der Waals surface area contributed by atoms with Gasteiger partial charge in [-0.25, -0.2) is 9.37 Å². The molecule has 0 saturated carbocycles. The van der Waals surface area contributed by atoms with E-state index in [1.165, 1.54) is 0 Å². The summed E-state index contributed by atoms with van der Waals surface area (Å²) in [6.07, 6.45) is 4.29. The molecule has 25 heavy (non-hydrogen) atoms. The van der Waals surface area contributed by atoms with Gasteiger partial charge >= 0.3 is 0 Å². The third-order valence-electron chi connectivity index (χ3n) is 4.74. The summed E-state index contributed by atoms with van der Waals surface area (Å²) in [6, 6.07) is 11.8. The average Bonchev–Trinajstić information content (AvgIpc) is 3.25. The maximum atomic E-state index is 13.3. The lowest BCUT2D eigenvalue weighted by Gasteiger charge is -2.29. The largest absolute Gasteiger partial charge is 0.454 e. The summed E-state index contributed by atoms with van der Waals surface area (Å²) in [7, 11) is 0. The van der Waals surface area contributed by atoms with Gasteiger partial charge in [-0.2, -0.15) is 4.98 Å². The number of alkyl halides is 1. The number of hydrogen-bond acceptors (Lipinski definition) is 4. The third-order valence-corrected chi connectivity index (χ3v) is 4.74. The molecule has 0 atom stereocenters. The van der Waals surface area contributed by atoms with Crippen LogP contribution in [0, 0.1) is 0 Å². The molecule has 1 fully saturated rings. The fourth-order valence-corrected chi connectivity index (χ4v) is 3.34. The number of halogens is 1. The average molecular weight is 336 g/mol. The lowest BCUT2D eigenvalue weighted by molar-refractivity contribution is 0.277. The van der Waals surface area contributed by atoms with Crippen molar-refractivity contribution in [2.24, 2.45) is 0 Å². The van der Waals surface area contributed by atoms with E-state index in [4.69, 9.17) is 4.42 Å². The minimum Gasteiger partial charge on any atom is -0.454 e. The molecule has 1 aliphatic heterocycles. The minimum absolute atomic E-state index is 0.561. The molecule has 0 bridgehead atoms. The van der Waals surface area contributed by atoms with Crippen LogP contribution in [0.5, 0.6) is 0 Å². The van der Waals surface area contributed by atoms with E-state index in [0.717, 1.165) is 28.2 Å². The van der Waals surface area contributed by atoms with Crippen molar-refractivity contribution in [3.63, 3.8) is 0 Å². The number of fused-ring (bicyclic) bond motifs is 2. The Hall–Kier alpha value is -2.89. The number of benzene rings is 1. The fourth-order valence-electron chi connectivity index (χ4n) is 3.34. The highest BCUT2D eigenvalue weighted by Gasteiger charge is 2.20. The molecule has 126 valence electrons. The molecular weight excluding hydrogens is 319 g/mol. The first kappa shape index (κ1) is 14.5. The molecule has 3 aromatic heterocycles. The Kier molecular flexibility index (Phi) is 3.23. The van der Waals surface area contributed by atoms with Gasteiger partial charge in [-0.15, -0.1) is 0 Å². The molecule has 0 aliphatic carbocycles. The van der Waals surface area contributed by atoms with Crippen LogP contribution in [0.3, 0.4) is 0 Å². The van der Waals surface area contributed by atoms with Crippen LogP contribution < -0.4 is 4.90 Å². The van der Waals surface area contributed by atoms with Gasteiger partial charge in [-0.3, -0.25) is 4.40 Å². The second-order valence-electron chi connectivity index (χ2n) is 6.43. The van der Waals surface area contributed by atoms with Crippen molar-refractivity contribution in [3.8, 4) is 11.5 Å². The molecule has 1 aliphatic rings. The smallest absolute Gasteiger partial charge is 0.236 e. The molecule has 5 nitrogen and oxygen atoms in total. The van der Waals surface area contributed by atoms with E-state index in [1.54, 1.807) is 0 Å². The third kappa shape index (κ3) is 2.54. The van der Waals surface area contributed by atoms with E-state index >= 15 is 0 Å². The Morgan fingerprint density at radius 2 is 1.92 bits per heavy atom. The lowest BCUT2D eigenvalue weighted by Crippen LogP contribution is -2.34. The SMILES string of the molecule is FC1CCN(c2ccn3cc(-c4cc5ccccc5o4)nc3n2)CC1. The van der Waals surface area contributed by atoms with Crippen molar-refractivity contribution < 1.29 is 8.81 Å². The standard InChI is InChI=1S/C19H17FN4O/c20-14-5-8-23(9-6-14)18-7-10-24-12-15(21-19(24)22-18)17-11-13-3-1-2-4-16(13)25-17/h1-4,7,10-12,14H,5-6,8-9H2. The zero-order valence-electron chi connectivity index (χ0n) is 13.6. The summed E-state index contributed by atoms with van der Waals surface area (Å²) in [5.41, 5.74) is 1.60. The number of piperidine rings is 1. The highest BCUT2D eigenvalue weighted by molar-refractivity contribution is 5.82. The van der Waals surface area contributed by atoms with E-state index in [-0.39, 0.29) is 0 Å². The van der Waals surface area contributed by atoms with E-state index in [9.17, 15) is 4.39 Å². The van der Waals surface area contributed by atoms with Crippen LogP contribution in [0.2, 0.25) is 0 Å². The molecule has 0 unspecified atom stereocenters. The topological polar surface area (TPSA) is 46.6 Å². The van der Waals surface area contributed by atoms with Crippen LogP contribution >= 0.6 is 0 Å². The van der Waals surface area contributed by atoms with Crippen molar-refractivity contribution >= 4 is 22.6 Å². The summed E-state index contributed by atoms with van der Waals surface area (Å²) in [4.78, 5) is 11.4. The van der Waals surface area contributed by atoms with Gasteiger partial charge in [0.1, 0.15) is 23.3 Å². The zero-order chi connectivity index (χ0) is 16.8. The van der Waals surface area contributed by atoms with E-state index in [1.807, 2.05) is 53.2 Å². The highest BCUT2D eigenvalue weighted by atomic mass is 19.1. The van der Waals surface area contributed by atoms with E-state index in [0.29, 0.717) is 31.7 Å². The van der Waals surface area contributed by atoms with Gasteiger partial charge < -0.3 is 9.32 Å². The van der Waals surface area contributed by atoms with E-state index < -0.39 is 6.17 Å². The number of para-hydroxylation sites is 1. The van der Waals surface area contributed by atoms with Crippen LogP contribution in [0.15, 0.2) is 53.2 Å². The van der Waals surface area contributed by atoms with Crippen molar-refractivity contribution in [2.45, 2.75) is 19.0 Å². The molecule has 0 N–H and O–H groups in total. The van der Waals surface area contributed by atoms with Crippen LogP contribution in [-0.4, -0.2) is 33.6 Å². The first-order valence-electron chi connectivity index (χ1n) is 8.50. The zero-order valence-corrected chi connectivity index (χ0v) is 13.6. The van der Waals surface area contributed by atoms with Gasteiger partial charge in [-0.1, -0.05) is 18.2 Å². The lowest BCUT2D eigenvalue weighted by atomic mass is 10.1. The molecule has 0 spiro atoms. The first-order valence-corrected chi connectivity index (χ1v) is 8.50. The van der Waals surface area contributed by atoms with Gasteiger partial charge in [0.25, 0.3) is 0 Å². The Morgan fingerprint density at radius 1 is 1.08 bits per heavy atom. The number of hydrogen-bond donors (Lipinski definition) is 0. The van der Waals surface area contributed by atoms with Crippen molar-refractivity contribution in [1.29, 1.82) is 0 Å². The molecule has 0 amide bonds. The van der Waals surface area contributed by atoms with Crippen LogP contribution in [0.25, 0.3) is 28.2 Å². The highest BCUT2D eigenvalue weighted by Crippen LogP contribution is 2.27. The Bertz CT molecular complexity index is 1010. The number of imidazole rings is 1. The fraction of sp³-hybridized carbons (Fsp3) is 0.263. The molecule has 5 rings (SSSR count). The Balaban J connectivity index is 1.51. The molecule has 1 saturated heterocycles. The molecule has 4 aromatic rings. The van der Waals surface area contributed by atoms with Gasteiger partial charge in [-0.05, 0) is 31.0 Å². The van der Waals surface area contributed by atoms with E-state index in [2.05, 4.69) is 14.9 Å². The van der Waals surface area contributed by atoms with Crippen molar-refractivity contribution in [2.75, 3.05) is 18.0 Å². The number of rotatable bonds is 2. The molecule has 0 radical (unpaired) electrons. The van der Waals surface area contributed by atoms with Gasteiger partial charge in [0.05, 0.1) is 0 Å². The second kappa shape index (κ2) is 5.58. The van der Waals surface area contributed by atoms with Gasteiger partial charge in [0, 0.05) is 30.9 Å². The maximum absolute atomic E-state index is 13.3. The second-order valence-corrected chi connectivity index (χ2v) is 6.43. The van der Waals surface area contributed by atoms with Crippen LogP contribution in [0.4, 0.5) is 10.2 Å². The predicted molar refractivity (Wildman–Crippen MR) is 94.5 cm³/mol. The summed E-state index contributed by atoms with van der Waals surface area (Å²) in [5.74, 6) is 2.20. The molecular formula is C19H17FN4O. The number of anilines is 1. The quantitative estimate of drug-likeness (QED) is 0.553. The monoisotopic (exact) mass is 336 g/mol. The van der Waals surface area contributed by atoms with Crippen LogP contribution in [0.1, 0.15) is 12.8 Å². The first-order chi connectivity index (χ1) is 12.3. The minimum atomic E-state index is -0.689. The van der Waals surface area contributed by atoms with Gasteiger partial charge in [0.15, 0.2) is 5.76 Å². The van der Waals surface area contributed by atoms with Gasteiger partial charge in [0.2, 0.25) is 5.78 Å². The Morgan fingerprint density at radius 3 is 2.76 bits per heavy atom. The molecule has 1 aromatic carbocycles.